The van der Waals surface area contributed by atoms with Crippen LogP contribution < -0.4 is 16.4 Å². The second-order valence-corrected chi connectivity index (χ2v) is 5.65. The molecule has 2 rings (SSSR count). The van der Waals surface area contributed by atoms with Gasteiger partial charge in [-0.2, -0.15) is 0 Å². The van der Waals surface area contributed by atoms with E-state index in [-0.39, 0.29) is 17.9 Å². The molecule has 4 N–H and O–H groups in total. The lowest BCUT2D eigenvalue weighted by Crippen LogP contribution is -2.47. The second kappa shape index (κ2) is 6.86. The Balaban J connectivity index is 1.64. The highest BCUT2D eigenvalue weighted by molar-refractivity contribution is 5.77. The third kappa shape index (κ3) is 4.80. The molecule has 19 heavy (non-hydrogen) atoms. The number of nitrogens with two attached hydrogens (primary N) is 1. The molecule has 2 amide bonds. The van der Waals surface area contributed by atoms with Gasteiger partial charge in [-0.05, 0) is 38.3 Å². The van der Waals surface area contributed by atoms with E-state index in [4.69, 9.17) is 5.73 Å². The van der Waals surface area contributed by atoms with Crippen molar-refractivity contribution in [2.75, 3.05) is 32.7 Å². The van der Waals surface area contributed by atoms with E-state index in [9.17, 15) is 9.59 Å². The molecule has 0 aromatic rings. The van der Waals surface area contributed by atoms with E-state index in [1.165, 1.54) is 0 Å². The fraction of sp³-hybridized carbons (Fsp3) is 0.846. The first-order valence-corrected chi connectivity index (χ1v) is 7.14. The topological polar surface area (TPSA) is 87.5 Å². The average Bonchev–Trinajstić information content (AvgIpc) is 2.83. The van der Waals surface area contributed by atoms with Crippen LogP contribution in [0.3, 0.4) is 0 Å². The van der Waals surface area contributed by atoms with Crippen LogP contribution in [-0.4, -0.2) is 55.5 Å². The van der Waals surface area contributed by atoms with Gasteiger partial charge in [-0.3, -0.25) is 14.5 Å². The van der Waals surface area contributed by atoms with Crippen LogP contribution in [0.4, 0.5) is 0 Å². The minimum absolute atomic E-state index is 0.169. The van der Waals surface area contributed by atoms with Crippen LogP contribution in [0.25, 0.3) is 0 Å². The molecular formula is C13H24N4O2. The van der Waals surface area contributed by atoms with Gasteiger partial charge in [0, 0.05) is 25.6 Å². The lowest BCUT2D eigenvalue weighted by atomic mass is 10.0. The number of hydrogen-bond donors (Lipinski definition) is 3. The Bertz CT molecular complexity index is 321. The van der Waals surface area contributed by atoms with E-state index in [0.717, 1.165) is 45.4 Å². The van der Waals surface area contributed by atoms with Crippen LogP contribution in [-0.2, 0) is 9.59 Å². The quantitative estimate of drug-likeness (QED) is 0.600. The molecule has 1 atom stereocenters. The van der Waals surface area contributed by atoms with Gasteiger partial charge in [0.2, 0.25) is 11.8 Å². The second-order valence-electron chi connectivity index (χ2n) is 5.65. The van der Waals surface area contributed by atoms with Crippen LogP contribution in [0.15, 0.2) is 0 Å². The van der Waals surface area contributed by atoms with Gasteiger partial charge in [0.05, 0.1) is 6.54 Å². The van der Waals surface area contributed by atoms with Gasteiger partial charge in [0.15, 0.2) is 0 Å². The number of piperidine rings is 1. The molecule has 6 nitrogen and oxygen atoms in total. The summed E-state index contributed by atoms with van der Waals surface area (Å²) in [6.07, 6.45) is 3.54. The number of nitrogens with one attached hydrogen (secondary N) is 2. The molecule has 2 heterocycles. The molecule has 0 radical (unpaired) electrons. The molecule has 0 aliphatic carbocycles. The van der Waals surface area contributed by atoms with Crippen molar-refractivity contribution >= 4 is 11.8 Å². The third-order valence-electron chi connectivity index (χ3n) is 3.97. The number of nitrogens with zero attached hydrogens (tertiary/aromatic N) is 1. The highest BCUT2D eigenvalue weighted by Crippen LogP contribution is 2.14. The lowest BCUT2D eigenvalue weighted by molar-refractivity contribution is -0.123. The summed E-state index contributed by atoms with van der Waals surface area (Å²) in [6, 6.07) is 0.256. The van der Waals surface area contributed by atoms with E-state index in [1.807, 2.05) is 4.90 Å². The number of amides is 2. The molecule has 2 aliphatic rings. The number of rotatable bonds is 5. The van der Waals surface area contributed by atoms with Gasteiger partial charge in [0.1, 0.15) is 0 Å². The van der Waals surface area contributed by atoms with Crippen molar-refractivity contribution in [2.45, 2.75) is 31.7 Å². The van der Waals surface area contributed by atoms with E-state index in [0.29, 0.717) is 18.9 Å². The van der Waals surface area contributed by atoms with Gasteiger partial charge < -0.3 is 16.4 Å². The number of primary amides is 1. The smallest absolute Gasteiger partial charge is 0.231 e. The van der Waals surface area contributed by atoms with Gasteiger partial charge in [0.25, 0.3) is 0 Å². The summed E-state index contributed by atoms with van der Waals surface area (Å²) in [5, 5.41) is 6.38. The molecule has 6 heteroatoms. The fourth-order valence-corrected chi connectivity index (χ4v) is 2.89. The van der Waals surface area contributed by atoms with Gasteiger partial charge in [-0.25, -0.2) is 0 Å². The zero-order chi connectivity index (χ0) is 13.7. The summed E-state index contributed by atoms with van der Waals surface area (Å²) in [7, 11) is 0. The molecule has 108 valence electrons. The molecule has 1 unspecified atom stereocenters. The number of hydrogen-bond acceptors (Lipinski definition) is 4. The van der Waals surface area contributed by atoms with Crippen LogP contribution in [0.2, 0.25) is 0 Å². The Kier molecular flexibility index (Phi) is 5.15. The normalized spacial score (nSPS) is 25.4. The van der Waals surface area contributed by atoms with Crippen LogP contribution in [0, 0.1) is 5.92 Å². The van der Waals surface area contributed by atoms with E-state index < -0.39 is 0 Å². The summed E-state index contributed by atoms with van der Waals surface area (Å²) >= 11 is 0. The minimum Gasteiger partial charge on any atom is -0.369 e. The maximum Gasteiger partial charge on any atom is 0.231 e. The zero-order valence-electron chi connectivity index (χ0n) is 11.4. The molecule has 2 fully saturated rings. The van der Waals surface area contributed by atoms with Crippen molar-refractivity contribution in [3.63, 3.8) is 0 Å². The van der Waals surface area contributed by atoms with Crippen molar-refractivity contribution in [1.29, 1.82) is 0 Å². The monoisotopic (exact) mass is 268 g/mol. The summed E-state index contributed by atoms with van der Waals surface area (Å²) in [6.45, 7) is 3.99. The predicted molar refractivity (Wildman–Crippen MR) is 72.4 cm³/mol. The number of carbonyl (C=O) groups is 2. The van der Waals surface area contributed by atoms with Crippen LogP contribution in [0.5, 0.6) is 0 Å². The molecule has 0 saturated carbocycles. The zero-order valence-corrected chi connectivity index (χ0v) is 11.4. The maximum atomic E-state index is 11.9. The largest absolute Gasteiger partial charge is 0.369 e. The van der Waals surface area contributed by atoms with Gasteiger partial charge in [-0.15, -0.1) is 0 Å². The Morgan fingerprint density at radius 3 is 2.58 bits per heavy atom. The van der Waals surface area contributed by atoms with Crippen molar-refractivity contribution in [2.24, 2.45) is 11.7 Å². The molecule has 0 aromatic carbocycles. The highest BCUT2D eigenvalue weighted by atomic mass is 16.2. The molecular weight excluding hydrogens is 244 g/mol. The van der Waals surface area contributed by atoms with Gasteiger partial charge >= 0.3 is 0 Å². The highest BCUT2D eigenvalue weighted by Gasteiger charge is 2.23. The third-order valence-corrected chi connectivity index (χ3v) is 3.97. The summed E-state index contributed by atoms with van der Waals surface area (Å²) in [4.78, 5) is 24.8. The molecule has 0 aromatic heterocycles. The van der Waals surface area contributed by atoms with Crippen LogP contribution in [0.1, 0.15) is 25.7 Å². The summed E-state index contributed by atoms with van der Waals surface area (Å²) in [5.74, 6) is 0.383. The van der Waals surface area contributed by atoms with Gasteiger partial charge in [-0.1, -0.05) is 0 Å². The Labute approximate surface area is 114 Å². The first kappa shape index (κ1) is 14.3. The van der Waals surface area contributed by atoms with Crippen molar-refractivity contribution in [3.05, 3.63) is 0 Å². The summed E-state index contributed by atoms with van der Waals surface area (Å²) in [5.41, 5.74) is 5.17. The fourth-order valence-electron chi connectivity index (χ4n) is 2.89. The van der Waals surface area contributed by atoms with Crippen molar-refractivity contribution in [3.8, 4) is 0 Å². The maximum absolute atomic E-state index is 11.9. The Morgan fingerprint density at radius 1 is 1.26 bits per heavy atom. The predicted octanol–water partition coefficient (Wildman–Crippen LogP) is -0.948. The van der Waals surface area contributed by atoms with Crippen molar-refractivity contribution in [1.82, 2.24) is 15.5 Å². The van der Waals surface area contributed by atoms with Crippen LogP contribution >= 0.6 is 0 Å². The minimum atomic E-state index is -0.281. The molecule has 2 saturated heterocycles. The molecule has 0 spiro atoms. The Morgan fingerprint density at radius 2 is 2.00 bits per heavy atom. The summed E-state index contributed by atoms with van der Waals surface area (Å²) < 4.78 is 0. The van der Waals surface area contributed by atoms with E-state index in [1.54, 1.807) is 0 Å². The number of likely N-dealkylation sites (tertiary alicyclic amines) is 1. The SMILES string of the molecule is NC(=O)CN1CCC(NC(=O)CC2CCNC2)CC1. The first-order valence-electron chi connectivity index (χ1n) is 7.14. The number of carbonyl (C=O) groups excluding carboxylic acids is 2. The first-order chi connectivity index (χ1) is 9.13. The average molecular weight is 268 g/mol. The molecule has 0 bridgehead atoms. The standard InChI is InChI=1S/C13H24N4O2/c14-12(18)9-17-5-2-11(3-6-17)16-13(19)7-10-1-4-15-8-10/h10-11,15H,1-9H2,(H2,14,18)(H,16,19). The molecule has 2 aliphatic heterocycles. The van der Waals surface area contributed by atoms with E-state index in [2.05, 4.69) is 10.6 Å². The van der Waals surface area contributed by atoms with E-state index >= 15 is 0 Å². The Hall–Kier alpha value is -1.14. The lowest BCUT2D eigenvalue weighted by Gasteiger charge is -2.31. The van der Waals surface area contributed by atoms with Crippen molar-refractivity contribution < 1.29 is 9.59 Å².